The van der Waals surface area contributed by atoms with Gasteiger partial charge in [0.2, 0.25) is 5.91 Å². The molecule has 1 aromatic rings. The van der Waals surface area contributed by atoms with Gasteiger partial charge in [-0.3, -0.25) is 9.59 Å². The van der Waals surface area contributed by atoms with E-state index in [2.05, 4.69) is 0 Å². The van der Waals surface area contributed by atoms with Crippen molar-refractivity contribution in [2.24, 2.45) is 16.6 Å². The third kappa shape index (κ3) is 1.84. The lowest BCUT2D eigenvalue weighted by Gasteiger charge is -2.43. The number of primary amides is 1. The van der Waals surface area contributed by atoms with E-state index in [1.165, 1.54) is 0 Å². The first kappa shape index (κ1) is 15.2. The smallest absolute Gasteiger partial charge is 0.241 e. The Hall–Kier alpha value is -3.17. The summed E-state index contributed by atoms with van der Waals surface area (Å²) in [6.07, 6.45) is -0.592. The average molecular weight is 292 g/mol. The maximum absolute atomic E-state index is 12.1. The van der Waals surface area contributed by atoms with Gasteiger partial charge in [0.1, 0.15) is 5.78 Å². The molecule has 0 spiro atoms. The standard InChI is InChI=1S/C16H12N4O2/c17-8-15(14(20)22)7-12(21)6-13(16(15,9-18)10-19)11-4-2-1-3-5-11/h1-5,13H,6-7H2,(H2,20,22). The number of nitriles is 3. The molecular formula is C16H12N4O2. The van der Waals surface area contributed by atoms with Crippen molar-refractivity contribution in [1.82, 2.24) is 0 Å². The Balaban J connectivity index is 2.77. The number of Topliss-reactive ketones (excluding diaryl/α,β-unsaturated/α-hetero) is 1. The fourth-order valence-corrected chi connectivity index (χ4v) is 3.07. The molecule has 6 heteroatoms. The van der Waals surface area contributed by atoms with Gasteiger partial charge < -0.3 is 5.73 Å². The number of nitrogens with zero attached hydrogens (tertiary/aromatic N) is 3. The Labute approximate surface area is 127 Å². The molecule has 1 aromatic carbocycles. The van der Waals surface area contributed by atoms with Crippen LogP contribution in [-0.4, -0.2) is 11.7 Å². The van der Waals surface area contributed by atoms with E-state index in [1.807, 2.05) is 12.1 Å². The van der Waals surface area contributed by atoms with Gasteiger partial charge in [-0.2, -0.15) is 15.8 Å². The van der Waals surface area contributed by atoms with Crippen molar-refractivity contribution in [3.05, 3.63) is 35.9 Å². The highest BCUT2D eigenvalue weighted by Gasteiger charge is 2.65. The maximum Gasteiger partial charge on any atom is 0.241 e. The number of benzene rings is 1. The third-order valence-electron chi connectivity index (χ3n) is 4.26. The number of amides is 1. The van der Waals surface area contributed by atoms with Crippen molar-refractivity contribution < 1.29 is 9.59 Å². The van der Waals surface area contributed by atoms with Crippen LogP contribution >= 0.6 is 0 Å². The Morgan fingerprint density at radius 2 is 1.73 bits per heavy atom. The average Bonchev–Trinajstić information content (AvgIpc) is 2.54. The number of carbonyl (C=O) groups excluding carboxylic acids is 2. The Bertz CT molecular complexity index is 737. The van der Waals surface area contributed by atoms with Gasteiger partial charge in [-0.05, 0) is 5.56 Å². The van der Waals surface area contributed by atoms with Gasteiger partial charge in [0.05, 0.1) is 18.2 Å². The Morgan fingerprint density at radius 1 is 1.14 bits per heavy atom. The third-order valence-corrected chi connectivity index (χ3v) is 4.26. The molecule has 22 heavy (non-hydrogen) atoms. The van der Waals surface area contributed by atoms with Crippen molar-refractivity contribution >= 4 is 11.7 Å². The normalized spacial score (nSPS) is 26.2. The van der Waals surface area contributed by atoms with Crippen LogP contribution < -0.4 is 5.73 Å². The lowest BCUT2D eigenvalue weighted by Crippen LogP contribution is -2.56. The molecule has 0 aromatic heterocycles. The largest absolute Gasteiger partial charge is 0.368 e. The first-order valence-corrected chi connectivity index (χ1v) is 6.57. The Kier molecular flexibility index (Phi) is 3.68. The van der Waals surface area contributed by atoms with Crippen LogP contribution in [0.15, 0.2) is 30.3 Å². The monoisotopic (exact) mass is 292 g/mol. The fourth-order valence-electron chi connectivity index (χ4n) is 3.07. The quantitative estimate of drug-likeness (QED) is 0.873. The summed E-state index contributed by atoms with van der Waals surface area (Å²) in [5, 5.41) is 28.8. The van der Waals surface area contributed by atoms with Gasteiger partial charge >= 0.3 is 0 Å². The number of hydrogen-bond acceptors (Lipinski definition) is 5. The zero-order valence-corrected chi connectivity index (χ0v) is 11.6. The molecule has 0 aliphatic heterocycles. The molecule has 0 saturated heterocycles. The van der Waals surface area contributed by atoms with E-state index in [-0.39, 0.29) is 12.2 Å². The summed E-state index contributed by atoms with van der Waals surface area (Å²) in [6.45, 7) is 0. The number of carbonyl (C=O) groups is 2. The van der Waals surface area contributed by atoms with Crippen molar-refractivity contribution in [2.45, 2.75) is 18.8 Å². The number of hydrogen-bond donors (Lipinski definition) is 1. The molecule has 1 saturated carbocycles. The van der Waals surface area contributed by atoms with E-state index in [0.717, 1.165) is 0 Å². The minimum atomic E-state index is -2.15. The molecule has 2 rings (SSSR count). The highest BCUT2D eigenvalue weighted by atomic mass is 16.2. The van der Waals surface area contributed by atoms with Crippen LogP contribution in [0.4, 0.5) is 0 Å². The first-order valence-electron chi connectivity index (χ1n) is 6.57. The molecule has 0 heterocycles. The summed E-state index contributed by atoms with van der Waals surface area (Å²) in [5.41, 5.74) is 1.74. The van der Waals surface area contributed by atoms with Crippen LogP contribution in [0.5, 0.6) is 0 Å². The molecule has 1 aliphatic carbocycles. The molecule has 0 bridgehead atoms. The SMILES string of the molecule is N#CC1(C(N)=O)CC(=O)CC(c2ccccc2)C1(C#N)C#N. The second-order valence-corrected chi connectivity index (χ2v) is 5.30. The van der Waals surface area contributed by atoms with E-state index in [4.69, 9.17) is 5.73 Å². The van der Waals surface area contributed by atoms with E-state index in [9.17, 15) is 25.4 Å². The molecule has 1 fully saturated rings. The van der Waals surface area contributed by atoms with Gasteiger partial charge in [-0.1, -0.05) is 30.3 Å². The second-order valence-electron chi connectivity index (χ2n) is 5.30. The van der Waals surface area contributed by atoms with Crippen LogP contribution in [0.1, 0.15) is 24.3 Å². The van der Waals surface area contributed by atoms with Crippen molar-refractivity contribution in [2.75, 3.05) is 0 Å². The van der Waals surface area contributed by atoms with E-state index in [0.29, 0.717) is 5.56 Å². The van der Waals surface area contributed by atoms with Crippen LogP contribution in [0.2, 0.25) is 0 Å². The fraction of sp³-hybridized carbons (Fsp3) is 0.312. The van der Waals surface area contributed by atoms with E-state index in [1.54, 1.807) is 36.4 Å². The summed E-state index contributed by atoms with van der Waals surface area (Å²) in [6, 6.07) is 13.8. The van der Waals surface area contributed by atoms with Gasteiger partial charge in [0, 0.05) is 18.8 Å². The van der Waals surface area contributed by atoms with Crippen LogP contribution in [-0.2, 0) is 9.59 Å². The van der Waals surface area contributed by atoms with E-state index >= 15 is 0 Å². The zero-order valence-electron chi connectivity index (χ0n) is 11.6. The van der Waals surface area contributed by atoms with Crippen molar-refractivity contribution in [3.8, 4) is 18.2 Å². The summed E-state index contributed by atoms with van der Waals surface area (Å²) in [5.74, 6) is -2.36. The predicted octanol–water partition coefficient (Wildman–Crippen LogP) is 1.16. The predicted molar refractivity (Wildman–Crippen MR) is 74.3 cm³/mol. The van der Waals surface area contributed by atoms with Crippen LogP contribution in [0, 0.1) is 44.8 Å². The van der Waals surface area contributed by atoms with Crippen molar-refractivity contribution in [3.63, 3.8) is 0 Å². The molecule has 2 unspecified atom stereocenters. The second kappa shape index (κ2) is 5.31. The minimum Gasteiger partial charge on any atom is -0.368 e. The molecule has 0 radical (unpaired) electrons. The lowest BCUT2D eigenvalue weighted by molar-refractivity contribution is -0.138. The topological polar surface area (TPSA) is 132 Å². The molecule has 108 valence electrons. The first-order chi connectivity index (χ1) is 10.5. The number of nitrogens with two attached hydrogens (primary N) is 1. The summed E-state index contributed by atoms with van der Waals surface area (Å²) in [4.78, 5) is 24.0. The van der Waals surface area contributed by atoms with Gasteiger partial charge in [-0.15, -0.1) is 0 Å². The summed E-state index contributed by atoms with van der Waals surface area (Å²) in [7, 11) is 0. The molecular weight excluding hydrogens is 280 g/mol. The lowest BCUT2D eigenvalue weighted by atomic mass is 9.51. The molecule has 1 amide bonds. The van der Waals surface area contributed by atoms with Crippen LogP contribution in [0.3, 0.4) is 0 Å². The zero-order chi connectivity index (χ0) is 16.4. The summed E-state index contributed by atoms with van der Waals surface area (Å²) < 4.78 is 0. The van der Waals surface area contributed by atoms with Gasteiger partial charge in [0.25, 0.3) is 0 Å². The van der Waals surface area contributed by atoms with Gasteiger partial charge in [-0.25, -0.2) is 0 Å². The van der Waals surface area contributed by atoms with E-state index < -0.39 is 29.1 Å². The maximum atomic E-state index is 12.1. The number of rotatable bonds is 2. The molecule has 6 nitrogen and oxygen atoms in total. The Morgan fingerprint density at radius 3 is 2.18 bits per heavy atom. The summed E-state index contributed by atoms with van der Waals surface area (Å²) >= 11 is 0. The van der Waals surface area contributed by atoms with Gasteiger partial charge in [0.15, 0.2) is 10.8 Å². The highest BCUT2D eigenvalue weighted by Crippen LogP contribution is 2.55. The minimum absolute atomic E-state index is 0.0815. The number of ketones is 1. The molecule has 2 atom stereocenters. The highest BCUT2D eigenvalue weighted by molar-refractivity contribution is 5.95. The molecule has 1 aliphatic rings. The molecule has 2 N–H and O–H groups in total. The van der Waals surface area contributed by atoms with Crippen LogP contribution in [0.25, 0.3) is 0 Å². The van der Waals surface area contributed by atoms with Crippen molar-refractivity contribution in [1.29, 1.82) is 15.8 Å².